The maximum absolute atomic E-state index is 11.9. The third-order valence-electron chi connectivity index (χ3n) is 3.46. The van der Waals surface area contributed by atoms with Crippen molar-refractivity contribution in [2.75, 3.05) is 12.3 Å². The van der Waals surface area contributed by atoms with Crippen LogP contribution in [0.5, 0.6) is 0 Å². The SMILES string of the molecule is CC(O)(CNC(=O)CCSCc1nc2ccccc2c(=O)[nH]1)C(=O)O. The van der Waals surface area contributed by atoms with Crippen LogP contribution < -0.4 is 10.9 Å². The molecule has 0 aliphatic rings. The number of nitrogens with zero attached hydrogens (tertiary/aromatic N) is 1. The third-order valence-corrected chi connectivity index (χ3v) is 4.44. The molecule has 0 saturated carbocycles. The molecule has 1 atom stereocenters. The maximum atomic E-state index is 11.9. The summed E-state index contributed by atoms with van der Waals surface area (Å²) < 4.78 is 0. The number of amides is 1. The van der Waals surface area contributed by atoms with Gasteiger partial charge in [-0.25, -0.2) is 9.78 Å². The summed E-state index contributed by atoms with van der Waals surface area (Å²) in [7, 11) is 0. The normalized spacial score (nSPS) is 13.4. The lowest BCUT2D eigenvalue weighted by atomic mass is 10.1. The first-order valence-corrected chi connectivity index (χ1v) is 8.73. The van der Waals surface area contributed by atoms with Gasteiger partial charge < -0.3 is 20.5 Å². The molecule has 1 unspecified atom stereocenters. The summed E-state index contributed by atoms with van der Waals surface area (Å²) in [5, 5.41) is 21.2. The molecule has 0 spiro atoms. The number of rotatable bonds is 8. The summed E-state index contributed by atoms with van der Waals surface area (Å²) in [6.07, 6.45) is 0.165. The second-order valence-electron chi connectivity index (χ2n) is 5.69. The van der Waals surface area contributed by atoms with E-state index in [0.717, 1.165) is 6.92 Å². The Hall–Kier alpha value is -2.39. The average Bonchev–Trinajstić information content (AvgIpc) is 2.57. The van der Waals surface area contributed by atoms with Crippen LogP contribution in [0.15, 0.2) is 29.1 Å². The van der Waals surface area contributed by atoms with E-state index in [1.807, 2.05) is 6.07 Å². The number of carbonyl (C=O) groups excluding carboxylic acids is 1. The monoisotopic (exact) mass is 365 g/mol. The number of thioether (sulfide) groups is 1. The lowest BCUT2D eigenvalue weighted by Crippen LogP contribution is -2.46. The van der Waals surface area contributed by atoms with Crippen molar-refractivity contribution in [3.63, 3.8) is 0 Å². The van der Waals surface area contributed by atoms with Gasteiger partial charge in [0.1, 0.15) is 5.82 Å². The van der Waals surface area contributed by atoms with Gasteiger partial charge >= 0.3 is 5.97 Å². The van der Waals surface area contributed by atoms with Crippen LogP contribution in [0.25, 0.3) is 10.9 Å². The first-order chi connectivity index (χ1) is 11.8. The summed E-state index contributed by atoms with van der Waals surface area (Å²) >= 11 is 1.42. The highest BCUT2D eigenvalue weighted by molar-refractivity contribution is 7.98. The predicted molar refractivity (Wildman–Crippen MR) is 94.4 cm³/mol. The zero-order valence-corrected chi connectivity index (χ0v) is 14.4. The minimum atomic E-state index is -1.99. The second kappa shape index (κ2) is 8.13. The number of aliphatic carboxylic acids is 1. The van der Waals surface area contributed by atoms with Crippen molar-refractivity contribution in [2.45, 2.75) is 24.7 Å². The number of H-pyrrole nitrogens is 1. The fourth-order valence-electron chi connectivity index (χ4n) is 1.97. The molecule has 134 valence electrons. The van der Waals surface area contributed by atoms with Crippen LogP contribution in [-0.4, -0.2) is 50.0 Å². The van der Waals surface area contributed by atoms with E-state index in [1.165, 1.54) is 11.8 Å². The third kappa shape index (κ3) is 5.30. The first-order valence-electron chi connectivity index (χ1n) is 7.58. The molecule has 0 aliphatic carbocycles. The van der Waals surface area contributed by atoms with Gasteiger partial charge in [-0.1, -0.05) is 12.1 Å². The number of aliphatic hydroxyl groups is 1. The summed E-state index contributed by atoms with van der Waals surface area (Å²) in [4.78, 5) is 41.4. The van der Waals surface area contributed by atoms with Crippen molar-refractivity contribution in [2.24, 2.45) is 0 Å². The van der Waals surface area contributed by atoms with Gasteiger partial charge in [0, 0.05) is 12.2 Å². The van der Waals surface area contributed by atoms with Crippen LogP contribution in [0.4, 0.5) is 0 Å². The van der Waals surface area contributed by atoms with Gasteiger partial charge in [0.25, 0.3) is 5.56 Å². The van der Waals surface area contributed by atoms with Gasteiger partial charge in [0.15, 0.2) is 5.60 Å². The van der Waals surface area contributed by atoms with Crippen molar-refractivity contribution in [1.29, 1.82) is 0 Å². The molecule has 1 aromatic carbocycles. The molecule has 8 nitrogen and oxygen atoms in total. The molecule has 0 bridgehead atoms. The van der Waals surface area contributed by atoms with E-state index in [1.54, 1.807) is 18.2 Å². The number of para-hydroxylation sites is 1. The topological polar surface area (TPSA) is 132 Å². The number of carboxylic acids is 1. The highest BCUT2D eigenvalue weighted by Crippen LogP contribution is 2.12. The maximum Gasteiger partial charge on any atom is 0.337 e. The Labute approximate surface area is 147 Å². The summed E-state index contributed by atoms with van der Waals surface area (Å²) in [5.74, 6) is -0.303. The zero-order valence-electron chi connectivity index (χ0n) is 13.6. The van der Waals surface area contributed by atoms with E-state index in [0.29, 0.717) is 28.2 Å². The average molecular weight is 365 g/mol. The van der Waals surface area contributed by atoms with Gasteiger partial charge in [-0.15, -0.1) is 0 Å². The van der Waals surface area contributed by atoms with Crippen LogP contribution in [0.1, 0.15) is 19.2 Å². The smallest absolute Gasteiger partial charge is 0.337 e. The number of carbonyl (C=O) groups is 2. The van der Waals surface area contributed by atoms with Crippen molar-refractivity contribution in [3.8, 4) is 0 Å². The zero-order chi connectivity index (χ0) is 18.4. The minimum Gasteiger partial charge on any atom is -0.479 e. The Morgan fingerprint density at radius 3 is 2.80 bits per heavy atom. The molecule has 1 heterocycles. The van der Waals surface area contributed by atoms with Crippen LogP contribution in [0, 0.1) is 0 Å². The standard InChI is InChI=1S/C16H19N3O5S/c1-16(24,15(22)23)9-17-13(20)6-7-25-8-12-18-11-5-3-2-4-10(11)14(21)19-12/h2-5,24H,6-9H2,1H3,(H,17,20)(H,22,23)(H,18,19,21). The van der Waals surface area contributed by atoms with E-state index in [9.17, 15) is 19.5 Å². The Morgan fingerprint density at radius 1 is 1.36 bits per heavy atom. The van der Waals surface area contributed by atoms with Gasteiger partial charge in [-0.05, 0) is 19.1 Å². The quantitative estimate of drug-likeness (QED) is 0.501. The van der Waals surface area contributed by atoms with Crippen molar-refractivity contribution < 1.29 is 19.8 Å². The molecule has 0 aliphatic heterocycles. The lowest BCUT2D eigenvalue weighted by molar-refractivity contribution is -0.156. The summed E-state index contributed by atoms with van der Waals surface area (Å²) in [6.45, 7) is 0.761. The fraction of sp³-hybridized carbons (Fsp3) is 0.375. The predicted octanol–water partition coefficient (Wildman–Crippen LogP) is 0.498. The minimum absolute atomic E-state index is 0.165. The number of aromatic nitrogens is 2. The van der Waals surface area contributed by atoms with Crippen molar-refractivity contribution >= 4 is 34.5 Å². The second-order valence-corrected chi connectivity index (χ2v) is 6.79. The Morgan fingerprint density at radius 2 is 2.08 bits per heavy atom. The van der Waals surface area contributed by atoms with Gasteiger partial charge in [0.2, 0.25) is 5.91 Å². The molecule has 2 aromatic rings. The van der Waals surface area contributed by atoms with E-state index >= 15 is 0 Å². The summed E-state index contributed by atoms with van der Waals surface area (Å²) in [6, 6.07) is 7.05. The largest absolute Gasteiger partial charge is 0.479 e. The van der Waals surface area contributed by atoms with Crippen molar-refractivity contribution in [3.05, 3.63) is 40.4 Å². The Bertz CT molecular complexity index is 834. The number of fused-ring (bicyclic) bond motifs is 1. The van der Waals surface area contributed by atoms with Crippen LogP contribution >= 0.6 is 11.8 Å². The molecule has 0 fully saturated rings. The molecular formula is C16H19N3O5S. The van der Waals surface area contributed by atoms with Crippen molar-refractivity contribution in [1.82, 2.24) is 15.3 Å². The summed E-state index contributed by atoms with van der Waals surface area (Å²) in [5.41, 5.74) is -1.57. The molecule has 0 radical (unpaired) electrons. The molecule has 4 N–H and O–H groups in total. The number of nitrogens with one attached hydrogen (secondary N) is 2. The Kier molecular flexibility index (Phi) is 6.16. The van der Waals surface area contributed by atoms with Gasteiger partial charge in [0.05, 0.1) is 23.2 Å². The van der Waals surface area contributed by atoms with Gasteiger partial charge in [-0.2, -0.15) is 11.8 Å². The molecule has 25 heavy (non-hydrogen) atoms. The van der Waals surface area contributed by atoms with Gasteiger partial charge in [-0.3, -0.25) is 9.59 Å². The lowest BCUT2D eigenvalue weighted by Gasteiger charge is -2.18. The Balaban J connectivity index is 1.79. The van der Waals surface area contributed by atoms with Crippen LogP contribution in [0.3, 0.4) is 0 Å². The highest BCUT2D eigenvalue weighted by Gasteiger charge is 2.30. The number of hydrogen-bond donors (Lipinski definition) is 4. The van der Waals surface area contributed by atoms with E-state index < -0.39 is 11.6 Å². The fourth-order valence-corrected chi connectivity index (χ4v) is 2.78. The number of carboxylic acid groups (broad SMARTS) is 1. The molecule has 0 saturated heterocycles. The molecule has 2 rings (SSSR count). The molecule has 9 heteroatoms. The first kappa shape index (κ1) is 18.9. The highest BCUT2D eigenvalue weighted by atomic mass is 32.2. The number of hydrogen-bond acceptors (Lipinski definition) is 6. The number of aromatic amines is 1. The molecule has 1 aromatic heterocycles. The number of benzene rings is 1. The van der Waals surface area contributed by atoms with E-state index in [-0.39, 0.29) is 24.4 Å². The molecule has 1 amide bonds. The van der Waals surface area contributed by atoms with E-state index in [4.69, 9.17) is 5.11 Å². The van der Waals surface area contributed by atoms with Crippen LogP contribution in [-0.2, 0) is 15.3 Å². The van der Waals surface area contributed by atoms with Crippen LogP contribution in [0.2, 0.25) is 0 Å². The molecular weight excluding hydrogens is 346 g/mol. The van der Waals surface area contributed by atoms with E-state index in [2.05, 4.69) is 15.3 Å².